The Balaban J connectivity index is 1.97. The van der Waals surface area contributed by atoms with Gasteiger partial charge in [-0.2, -0.15) is 0 Å². The van der Waals surface area contributed by atoms with Gasteiger partial charge in [-0.1, -0.05) is 22.9 Å². The van der Waals surface area contributed by atoms with Crippen molar-refractivity contribution in [3.63, 3.8) is 0 Å². The maximum atomic E-state index is 5.07. The van der Waals surface area contributed by atoms with Gasteiger partial charge in [0.2, 0.25) is 5.88 Å². The molecule has 0 aromatic carbocycles. The fourth-order valence-corrected chi connectivity index (χ4v) is 2.87. The highest BCUT2D eigenvalue weighted by Crippen LogP contribution is 2.44. The molecular weight excluding hydrogens is 256 g/mol. The van der Waals surface area contributed by atoms with Crippen molar-refractivity contribution in [3.8, 4) is 5.88 Å². The average molecular weight is 271 g/mol. The number of alkyl halides is 1. The van der Waals surface area contributed by atoms with E-state index in [1.165, 1.54) is 6.42 Å². The van der Waals surface area contributed by atoms with Crippen molar-refractivity contribution in [1.29, 1.82) is 0 Å². The summed E-state index contributed by atoms with van der Waals surface area (Å²) in [5.41, 5.74) is 1.04. The monoisotopic (exact) mass is 270 g/mol. The van der Waals surface area contributed by atoms with Gasteiger partial charge in [0.25, 0.3) is 0 Å². The van der Waals surface area contributed by atoms with E-state index < -0.39 is 0 Å². The molecule has 1 aromatic heterocycles. The third-order valence-corrected chi connectivity index (χ3v) is 3.95. The quantitative estimate of drug-likeness (QED) is 0.789. The summed E-state index contributed by atoms with van der Waals surface area (Å²) in [6.07, 6.45) is 3.84. The summed E-state index contributed by atoms with van der Waals surface area (Å²) < 4.78 is 5.07. The minimum atomic E-state index is 0.534. The van der Waals surface area contributed by atoms with E-state index in [4.69, 9.17) is 4.74 Å². The first-order chi connectivity index (χ1) is 7.20. The Morgan fingerprint density at radius 1 is 1.60 bits per heavy atom. The lowest BCUT2D eigenvalue weighted by atomic mass is 10.1. The Bertz CT molecular complexity index is 345. The van der Waals surface area contributed by atoms with Crippen LogP contribution in [0.15, 0.2) is 12.4 Å². The van der Waals surface area contributed by atoms with Gasteiger partial charge in [0.15, 0.2) is 0 Å². The van der Waals surface area contributed by atoms with Crippen molar-refractivity contribution in [3.05, 3.63) is 18.1 Å². The van der Waals surface area contributed by atoms with Crippen LogP contribution in [0.5, 0.6) is 5.88 Å². The standard InChI is InChI=1S/C11H15BrN2O/c1-7-3-9(7)10(12)4-8-5-11(15-2)14-6-13-8/h5-7,9-10H,3-4H2,1-2H3. The fourth-order valence-electron chi connectivity index (χ4n) is 1.81. The largest absolute Gasteiger partial charge is 0.481 e. The first-order valence-electron chi connectivity index (χ1n) is 5.19. The minimum absolute atomic E-state index is 0.534. The van der Waals surface area contributed by atoms with Crippen LogP contribution in [0.4, 0.5) is 0 Å². The first-order valence-corrected chi connectivity index (χ1v) is 6.11. The number of hydrogen-bond donors (Lipinski definition) is 0. The van der Waals surface area contributed by atoms with Crippen LogP contribution in [0.1, 0.15) is 19.0 Å². The molecule has 4 heteroatoms. The molecule has 1 saturated carbocycles. The maximum absolute atomic E-state index is 5.07. The molecule has 0 amide bonds. The number of rotatable bonds is 4. The Labute approximate surface area is 98.4 Å². The molecule has 15 heavy (non-hydrogen) atoms. The number of ether oxygens (including phenoxy) is 1. The Morgan fingerprint density at radius 2 is 2.33 bits per heavy atom. The molecule has 1 aliphatic rings. The third-order valence-electron chi connectivity index (χ3n) is 2.95. The third kappa shape index (κ3) is 2.68. The van der Waals surface area contributed by atoms with E-state index in [1.807, 2.05) is 6.07 Å². The normalized spacial score (nSPS) is 26.1. The lowest BCUT2D eigenvalue weighted by Crippen LogP contribution is -2.08. The van der Waals surface area contributed by atoms with Gasteiger partial charge >= 0.3 is 0 Å². The van der Waals surface area contributed by atoms with E-state index in [0.29, 0.717) is 10.7 Å². The molecule has 3 unspecified atom stereocenters. The molecular formula is C11H15BrN2O. The topological polar surface area (TPSA) is 35.0 Å². The zero-order valence-electron chi connectivity index (χ0n) is 8.98. The maximum Gasteiger partial charge on any atom is 0.216 e. The number of hydrogen-bond acceptors (Lipinski definition) is 3. The zero-order valence-corrected chi connectivity index (χ0v) is 10.6. The van der Waals surface area contributed by atoms with Crippen LogP contribution in [0.3, 0.4) is 0 Å². The highest BCUT2D eigenvalue weighted by Gasteiger charge is 2.38. The van der Waals surface area contributed by atoms with Gasteiger partial charge in [-0.25, -0.2) is 9.97 Å². The van der Waals surface area contributed by atoms with Crippen molar-refractivity contribution < 1.29 is 4.74 Å². The number of aromatic nitrogens is 2. The summed E-state index contributed by atoms with van der Waals surface area (Å²) in [5, 5.41) is 0. The highest BCUT2D eigenvalue weighted by atomic mass is 79.9. The van der Waals surface area contributed by atoms with Gasteiger partial charge in [-0.15, -0.1) is 0 Å². The van der Waals surface area contributed by atoms with Gasteiger partial charge in [0.1, 0.15) is 6.33 Å². The molecule has 0 radical (unpaired) electrons. The van der Waals surface area contributed by atoms with Crippen molar-refractivity contribution in [1.82, 2.24) is 9.97 Å². The average Bonchev–Trinajstić information content (AvgIpc) is 2.96. The van der Waals surface area contributed by atoms with Crippen molar-refractivity contribution in [2.24, 2.45) is 11.8 Å². The number of nitrogens with zero attached hydrogens (tertiary/aromatic N) is 2. The van der Waals surface area contributed by atoms with Crippen molar-refractivity contribution >= 4 is 15.9 Å². The summed E-state index contributed by atoms with van der Waals surface area (Å²) >= 11 is 3.73. The molecule has 82 valence electrons. The Kier molecular flexibility index (Phi) is 3.24. The minimum Gasteiger partial charge on any atom is -0.481 e. The van der Waals surface area contributed by atoms with Crippen molar-refractivity contribution in [2.75, 3.05) is 7.11 Å². The lowest BCUT2D eigenvalue weighted by molar-refractivity contribution is 0.395. The second-order valence-electron chi connectivity index (χ2n) is 4.15. The second-order valence-corrected chi connectivity index (χ2v) is 5.32. The molecule has 0 saturated heterocycles. The Hall–Kier alpha value is -0.640. The molecule has 1 fully saturated rings. The molecule has 2 rings (SSSR count). The number of halogens is 1. The molecule has 1 aromatic rings. The molecule has 0 spiro atoms. The predicted molar refractivity (Wildman–Crippen MR) is 62.3 cm³/mol. The fraction of sp³-hybridized carbons (Fsp3) is 0.636. The van der Waals surface area contributed by atoms with Gasteiger partial charge in [-0.3, -0.25) is 0 Å². The SMILES string of the molecule is COc1cc(CC(Br)C2CC2C)ncn1. The molecule has 0 N–H and O–H groups in total. The highest BCUT2D eigenvalue weighted by molar-refractivity contribution is 9.09. The Morgan fingerprint density at radius 3 is 2.93 bits per heavy atom. The van der Waals surface area contributed by atoms with Crippen molar-refractivity contribution in [2.45, 2.75) is 24.6 Å². The summed E-state index contributed by atoms with van der Waals surface area (Å²) in [4.78, 5) is 8.77. The molecule has 1 aliphatic carbocycles. The van der Waals surface area contributed by atoms with Gasteiger partial charge < -0.3 is 4.74 Å². The summed E-state index contributed by atoms with van der Waals surface area (Å²) in [6, 6.07) is 1.90. The molecule has 0 bridgehead atoms. The number of methoxy groups -OCH3 is 1. The molecule has 1 heterocycles. The summed E-state index contributed by atoms with van der Waals surface area (Å²) in [5.74, 6) is 2.31. The first kappa shape index (κ1) is 10.9. The van der Waals surface area contributed by atoms with Crippen LogP contribution in [-0.4, -0.2) is 21.9 Å². The van der Waals surface area contributed by atoms with E-state index >= 15 is 0 Å². The van der Waals surface area contributed by atoms with Crippen LogP contribution in [0, 0.1) is 11.8 Å². The van der Waals surface area contributed by atoms with Crippen LogP contribution in [0.2, 0.25) is 0 Å². The van der Waals surface area contributed by atoms with Crippen LogP contribution >= 0.6 is 15.9 Å². The van der Waals surface area contributed by atoms with Gasteiger partial charge in [0.05, 0.1) is 7.11 Å². The van der Waals surface area contributed by atoms with E-state index in [9.17, 15) is 0 Å². The van der Waals surface area contributed by atoms with Gasteiger partial charge in [-0.05, 0) is 18.3 Å². The molecule has 0 aliphatic heterocycles. The second kappa shape index (κ2) is 4.47. The van der Waals surface area contributed by atoms with E-state index in [1.54, 1.807) is 13.4 Å². The smallest absolute Gasteiger partial charge is 0.216 e. The summed E-state index contributed by atoms with van der Waals surface area (Å²) in [7, 11) is 1.63. The molecule has 3 atom stereocenters. The predicted octanol–water partition coefficient (Wildman–Crippen LogP) is 2.45. The van der Waals surface area contributed by atoms with Crippen LogP contribution in [-0.2, 0) is 6.42 Å². The van der Waals surface area contributed by atoms with Crippen LogP contribution < -0.4 is 4.74 Å². The summed E-state index contributed by atoms with van der Waals surface area (Å²) in [6.45, 7) is 2.29. The lowest BCUT2D eigenvalue weighted by Gasteiger charge is -2.08. The van der Waals surface area contributed by atoms with Crippen LogP contribution in [0.25, 0.3) is 0 Å². The van der Waals surface area contributed by atoms with E-state index in [2.05, 4.69) is 32.8 Å². The molecule has 3 nitrogen and oxygen atoms in total. The van der Waals surface area contributed by atoms with Gasteiger partial charge in [0, 0.05) is 23.0 Å². The van der Waals surface area contributed by atoms with E-state index in [-0.39, 0.29) is 0 Å². The zero-order chi connectivity index (χ0) is 10.8. The van der Waals surface area contributed by atoms with E-state index in [0.717, 1.165) is 24.0 Å².